The molecule has 0 saturated heterocycles. The molecular weight excluding hydrogens is 495 g/mol. The second kappa shape index (κ2) is 12.5. The van der Waals surface area contributed by atoms with Crippen molar-refractivity contribution in [3.05, 3.63) is 81.7 Å². The number of halogens is 2. The smallest absolute Gasteiger partial charge is 0.349 e. The second-order valence-corrected chi connectivity index (χ2v) is 7.75. The maximum Gasteiger partial charge on any atom is 0.349 e. The minimum atomic E-state index is -0.685. The summed E-state index contributed by atoms with van der Waals surface area (Å²) in [6, 6.07) is 14.5. The quantitative estimate of drug-likeness (QED) is 0.171. The third kappa shape index (κ3) is 7.54. The van der Waals surface area contributed by atoms with E-state index >= 15 is 0 Å². The van der Waals surface area contributed by atoms with Crippen molar-refractivity contribution in [1.82, 2.24) is 5.32 Å². The highest BCUT2D eigenvalue weighted by atomic mass is 35.5. The number of nitrogens with zero attached hydrogens (tertiary/aromatic N) is 1. The molecule has 0 saturated carbocycles. The van der Waals surface area contributed by atoms with Gasteiger partial charge in [0.15, 0.2) is 18.1 Å². The number of benzene rings is 2. The Kier molecular flexibility index (Phi) is 9.18. The molecule has 180 valence electrons. The van der Waals surface area contributed by atoms with Crippen molar-refractivity contribution in [1.29, 1.82) is 5.26 Å². The van der Waals surface area contributed by atoms with Gasteiger partial charge in [0.1, 0.15) is 23.2 Å². The zero-order valence-electron chi connectivity index (χ0n) is 18.5. The fraction of sp³-hybridized carbons (Fsp3) is 0.160. The van der Waals surface area contributed by atoms with E-state index in [1.165, 1.54) is 24.5 Å². The molecule has 0 aliphatic heterocycles. The largest absolute Gasteiger partial charge is 0.490 e. The summed E-state index contributed by atoms with van der Waals surface area (Å²) in [6.07, 6.45) is 2.89. The van der Waals surface area contributed by atoms with Crippen LogP contribution in [0.4, 0.5) is 0 Å². The van der Waals surface area contributed by atoms with E-state index in [1.54, 1.807) is 43.3 Å². The Hall–Kier alpha value is -3.93. The third-order valence-corrected chi connectivity index (χ3v) is 4.94. The van der Waals surface area contributed by atoms with Crippen LogP contribution in [-0.4, -0.2) is 25.1 Å². The lowest BCUT2D eigenvalue weighted by Crippen LogP contribution is -2.23. The Bertz CT molecular complexity index is 1270. The van der Waals surface area contributed by atoms with Crippen LogP contribution in [0.15, 0.2) is 64.8 Å². The van der Waals surface area contributed by atoms with Crippen molar-refractivity contribution in [3.8, 4) is 23.3 Å². The second-order valence-electron chi connectivity index (χ2n) is 6.91. The summed E-state index contributed by atoms with van der Waals surface area (Å²) in [6.45, 7) is 1.81. The van der Waals surface area contributed by atoms with E-state index in [9.17, 15) is 14.9 Å². The van der Waals surface area contributed by atoms with Crippen LogP contribution in [0.3, 0.4) is 0 Å². The highest BCUT2D eigenvalue weighted by Gasteiger charge is 2.15. The summed E-state index contributed by atoms with van der Waals surface area (Å²) in [5.41, 5.74) is 0.388. The average Bonchev–Trinajstić information content (AvgIpc) is 3.36. The summed E-state index contributed by atoms with van der Waals surface area (Å²) >= 11 is 11.9. The molecule has 0 unspecified atom stereocenters. The monoisotopic (exact) mass is 514 g/mol. The van der Waals surface area contributed by atoms with Gasteiger partial charge in [0.2, 0.25) is 0 Å². The van der Waals surface area contributed by atoms with Gasteiger partial charge in [-0.15, -0.1) is 0 Å². The lowest BCUT2D eigenvalue weighted by Gasteiger charge is -2.12. The molecular formula is C25H20Cl2N2O6. The summed E-state index contributed by atoms with van der Waals surface area (Å²) in [7, 11) is 0. The number of hydrogen-bond acceptors (Lipinski definition) is 7. The molecule has 0 aliphatic rings. The van der Waals surface area contributed by atoms with E-state index in [1.807, 2.05) is 6.07 Å². The molecule has 1 N–H and O–H groups in total. The molecule has 10 heteroatoms. The molecule has 8 nitrogen and oxygen atoms in total. The molecule has 2 aromatic carbocycles. The molecule has 0 spiro atoms. The number of rotatable bonds is 10. The first kappa shape index (κ1) is 25.7. The van der Waals surface area contributed by atoms with Gasteiger partial charge < -0.3 is 23.9 Å². The van der Waals surface area contributed by atoms with Gasteiger partial charge in [0, 0.05) is 5.02 Å². The molecule has 0 radical (unpaired) electrons. The number of nitrogens with one attached hydrogen (secondary N) is 1. The van der Waals surface area contributed by atoms with Crippen LogP contribution in [0.25, 0.3) is 6.08 Å². The van der Waals surface area contributed by atoms with Crippen LogP contribution in [0.5, 0.6) is 17.2 Å². The number of carbonyl (C=O) groups is 2. The summed E-state index contributed by atoms with van der Waals surface area (Å²) < 4.78 is 21.5. The van der Waals surface area contributed by atoms with Gasteiger partial charge in [-0.3, -0.25) is 4.79 Å². The van der Waals surface area contributed by atoms with E-state index < -0.39 is 18.5 Å². The highest BCUT2D eigenvalue weighted by molar-refractivity contribution is 6.35. The maximum absolute atomic E-state index is 12.4. The highest BCUT2D eigenvalue weighted by Crippen LogP contribution is 2.30. The van der Waals surface area contributed by atoms with E-state index in [2.05, 4.69) is 5.32 Å². The van der Waals surface area contributed by atoms with Crippen molar-refractivity contribution in [2.45, 2.75) is 13.5 Å². The Morgan fingerprint density at radius 3 is 2.57 bits per heavy atom. The van der Waals surface area contributed by atoms with Gasteiger partial charge in [-0.25, -0.2) is 4.79 Å². The van der Waals surface area contributed by atoms with Crippen molar-refractivity contribution in [2.75, 3.05) is 13.2 Å². The number of ether oxygens (including phenoxy) is 3. The molecule has 0 atom stereocenters. The summed E-state index contributed by atoms with van der Waals surface area (Å²) in [5.74, 6) is 0.00860. The van der Waals surface area contributed by atoms with Crippen LogP contribution in [0, 0.1) is 11.3 Å². The SMILES string of the molecule is CCOc1cc(/C=C(\C#N)C(=O)NCc2ccco2)ccc1OC(=O)COc1ccc(Cl)cc1Cl. The maximum atomic E-state index is 12.4. The van der Waals surface area contributed by atoms with Gasteiger partial charge in [-0.1, -0.05) is 29.3 Å². The van der Waals surface area contributed by atoms with Crippen LogP contribution >= 0.6 is 23.2 Å². The van der Waals surface area contributed by atoms with E-state index in [-0.39, 0.29) is 34.4 Å². The predicted octanol–water partition coefficient (Wildman–Crippen LogP) is 5.19. The predicted molar refractivity (Wildman–Crippen MR) is 129 cm³/mol. The molecule has 0 aliphatic carbocycles. The van der Waals surface area contributed by atoms with Gasteiger partial charge in [-0.05, 0) is 61.0 Å². The zero-order chi connectivity index (χ0) is 25.2. The lowest BCUT2D eigenvalue weighted by atomic mass is 10.1. The first-order valence-corrected chi connectivity index (χ1v) is 11.1. The standard InChI is InChI=1S/C25H20Cl2N2O6/c1-2-32-23-11-16(10-17(13-28)25(31)29-14-19-4-3-9-33-19)5-7-22(23)35-24(30)15-34-21-8-6-18(26)12-20(21)27/h3-12H,2,14-15H2,1H3,(H,29,31)/b17-10+. The van der Waals surface area contributed by atoms with Crippen molar-refractivity contribution < 1.29 is 28.2 Å². The van der Waals surface area contributed by atoms with Crippen LogP contribution < -0.4 is 19.5 Å². The molecule has 0 fully saturated rings. The van der Waals surface area contributed by atoms with Crippen molar-refractivity contribution in [2.24, 2.45) is 0 Å². The van der Waals surface area contributed by atoms with Crippen molar-refractivity contribution >= 4 is 41.2 Å². The Labute approximate surface area is 211 Å². The van der Waals surface area contributed by atoms with Gasteiger partial charge >= 0.3 is 5.97 Å². The number of hydrogen-bond donors (Lipinski definition) is 1. The third-order valence-electron chi connectivity index (χ3n) is 4.41. The Morgan fingerprint density at radius 1 is 1.09 bits per heavy atom. The Morgan fingerprint density at radius 2 is 1.89 bits per heavy atom. The first-order valence-electron chi connectivity index (χ1n) is 10.4. The van der Waals surface area contributed by atoms with Crippen LogP contribution in [0.2, 0.25) is 10.0 Å². The number of furan rings is 1. The summed E-state index contributed by atoms with van der Waals surface area (Å²) in [4.78, 5) is 24.7. The zero-order valence-corrected chi connectivity index (χ0v) is 20.1. The van der Waals surface area contributed by atoms with E-state index in [4.69, 9.17) is 41.8 Å². The van der Waals surface area contributed by atoms with Gasteiger partial charge in [0.25, 0.3) is 5.91 Å². The molecule has 1 aromatic heterocycles. The fourth-order valence-electron chi connectivity index (χ4n) is 2.84. The number of nitriles is 1. The Balaban J connectivity index is 1.68. The van der Waals surface area contributed by atoms with Crippen LogP contribution in [-0.2, 0) is 16.1 Å². The molecule has 3 rings (SSSR count). The minimum Gasteiger partial charge on any atom is -0.490 e. The number of amides is 1. The molecule has 35 heavy (non-hydrogen) atoms. The fourth-order valence-corrected chi connectivity index (χ4v) is 3.30. The van der Waals surface area contributed by atoms with E-state index in [0.29, 0.717) is 23.0 Å². The molecule has 3 aromatic rings. The lowest BCUT2D eigenvalue weighted by molar-refractivity contribution is -0.136. The minimum absolute atomic E-state index is 0.114. The van der Waals surface area contributed by atoms with Crippen LogP contribution in [0.1, 0.15) is 18.2 Å². The summed E-state index contributed by atoms with van der Waals surface area (Å²) in [5, 5.41) is 12.7. The average molecular weight is 515 g/mol. The van der Waals surface area contributed by atoms with E-state index in [0.717, 1.165) is 0 Å². The molecule has 1 amide bonds. The van der Waals surface area contributed by atoms with Gasteiger partial charge in [-0.2, -0.15) is 5.26 Å². The number of esters is 1. The van der Waals surface area contributed by atoms with Gasteiger partial charge in [0.05, 0.1) is 24.4 Å². The van der Waals surface area contributed by atoms with Crippen molar-refractivity contribution in [3.63, 3.8) is 0 Å². The normalized spacial score (nSPS) is 10.9. The first-order chi connectivity index (χ1) is 16.9. The molecule has 0 bridgehead atoms. The topological polar surface area (TPSA) is 111 Å². The molecule has 1 heterocycles. The number of carbonyl (C=O) groups excluding carboxylic acids is 2.